The van der Waals surface area contributed by atoms with Gasteiger partial charge in [0.1, 0.15) is 11.0 Å². The number of aliphatic hydroxyl groups is 1. The van der Waals surface area contributed by atoms with Crippen molar-refractivity contribution in [2.75, 3.05) is 18.0 Å². The summed E-state index contributed by atoms with van der Waals surface area (Å²) in [5.41, 5.74) is 9.38. The van der Waals surface area contributed by atoms with E-state index < -0.39 is 5.60 Å². The Balaban J connectivity index is 2.06. The van der Waals surface area contributed by atoms with Crippen molar-refractivity contribution in [3.8, 4) is 0 Å². The van der Waals surface area contributed by atoms with Gasteiger partial charge in [0.2, 0.25) is 0 Å². The van der Waals surface area contributed by atoms with Gasteiger partial charge >= 0.3 is 0 Å². The maximum Gasteiger partial charge on any atom is 0.107 e. The Morgan fingerprint density at radius 3 is 2.68 bits per heavy atom. The SMILES string of the molecule is CC1=CC(C(C)C)=CC=C(C2Sc3ccccc3N2CCN)C1(C)O. The zero-order chi connectivity index (χ0) is 18.2. The van der Waals surface area contributed by atoms with Gasteiger partial charge in [-0.25, -0.2) is 0 Å². The number of hydrogen-bond donors (Lipinski definition) is 2. The summed E-state index contributed by atoms with van der Waals surface area (Å²) in [5, 5.41) is 11.4. The fraction of sp³-hybridized carbons (Fsp3) is 0.429. The number of rotatable bonds is 4. The van der Waals surface area contributed by atoms with E-state index in [2.05, 4.69) is 61.2 Å². The van der Waals surface area contributed by atoms with Gasteiger partial charge in [-0.15, -0.1) is 0 Å². The van der Waals surface area contributed by atoms with Gasteiger partial charge in [0.25, 0.3) is 0 Å². The Labute approximate surface area is 155 Å². The Morgan fingerprint density at radius 1 is 1.28 bits per heavy atom. The summed E-state index contributed by atoms with van der Waals surface area (Å²) in [6.07, 6.45) is 6.42. The quantitative estimate of drug-likeness (QED) is 0.853. The molecule has 4 heteroatoms. The predicted molar refractivity (Wildman–Crippen MR) is 108 cm³/mol. The van der Waals surface area contributed by atoms with E-state index in [1.54, 1.807) is 11.8 Å². The zero-order valence-corrected chi connectivity index (χ0v) is 16.3. The summed E-state index contributed by atoms with van der Waals surface area (Å²) in [7, 11) is 0. The number of nitrogens with two attached hydrogens (primary N) is 1. The third-order valence-electron chi connectivity index (χ3n) is 5.17. The largest absolute Gasteiger partial charge is 0.381 e. The number of fused-ring (bicyclic) bond motifs is 1. The summed E-state index contributed by atoms with van der Waals surface area (Å²) in [6, 6.07) is 8.42. The van der Waals surface area contributed by atoms with Gasteiger partial charge in [0.05, 0.1) is 5.69 Å². The van der Waals surface area contributed by atoms with Crippen LogP contribution in [0.3, 0.4) is 0 Å². The molecule has 0 bridgehead atoms. The van der Waals surface area contributed by atoms with Crippen molar-refractivity contribution >= 4 is 17.4 Å². The molecule has 1 aliphatic carbocycles. The molecule has 3 rings (SSSR count). The van der Waals surface area contributed by atoms with Crippen LogP contribution in [0.4, 0.5) is 5.69 Å². The molecular formula is C21H28N2OS. The number of hydrogen-bond acceptors (Lipinski definition) is 4. The second-order valence-corrected chi connectivity index (χ2v) is 8.38. The van der Waals surface area contributed by atoms with Crippen LogP contribution < -0.4 is 10.6 Å². The minimum Gasteiger partial charge on any atom is -0.381 e. The molecule has 0 aromatic heterocycles. The molecule has 0 saturated carbocycles. The maximum atomic E-state index is 11.4. The average molecular weight is 357 g/mol. The Kier molecular flexibility index (Phi) is 5.14. The molecule has 3 N–H and O–H groups in total. The monoisotopic (exact) mass is 356 g/mol. The van der Waals surface area contributed by atoms with Gasteiger partial charge in [-0.3, -0.25) is 0 Å². The van der Waals surface area contributed by atoms with Crippen LogP contribution in [0, 0.1) is 5.92 Å². The fourth-order valence-corrected chi connectivity index (χ4v) is 4.89. The van der Waals surface area contributed by atoms with Crippen LogP contribution in [-0.2, 0) is 0 Å². The van der Waals surface area contributed by atoms with Crippen molar-refractivity contribution in [2.45, 2.75) is 43.6 Å². The second kappa shape index (κ2) is 7.02. The maximum absolute atomic E-state index is 11.4. The van der Waals surface area contributed by atoms with Crippen molar-refractivity contribution in [3.05, 3.63) is 59.2 Å². The minimum atomic E-state index is -0.973. The molecule has 0 fully saturated rings. The smallest absolute Gasteiger partial charge is 0.107 e. The second-order valence-electron chi connectivity index (χ2n) is 7.26. The predicted octanol–water partition coefficient (Wildman–Crippen LogP) is 4.10. The molecule has 2 atom stereocenters. The van der Waals surface area contributed by atoms with E-state index in [4.69, 9.17) is 5.73 Å². The summed E-state index contributed by atoms with van der Waals surface area (Å²) < 4.78 is 0. The van der Waals surface area contributed by atoms with E-state index in [9.17, 15) is 5.11 Å². The van der Waals surface area contributed by atoms with Crippen molar-refractivity contribution < 1.29 is 5.11 Å². The van der Waals surface area contributed by atoms with Gasteiger partial charge in [-0.1, -0.05) is 56.0 Å². The molecule has 2 aliphatic rings. The van der Waals surface area contributed by atoms with Gasteiger partial charge in [0.15, 0.2) is 0 Å². The van der Waals surface area contributed by atoms with Crippen molar-refractivity contribution in [1.29, 1.82) is 0 Å². The highest BCUT2D eigenvalue weighted by atomic mass is 32.2. The molecule has 0 amide bonds. The normalized spacial score (nSPS) is 26.1. The lowest BCUT2D eigenvalue weighted by atomic mass is 9.87. The van der Waals surface area contributed by atoms with E-state index in [0.717, 1.165) is 17.7 Å². The Bertz CT molecular complexity index is 746. The fourth-order valence-electron chi connectivity index (χ4n) is 3.41. The number of para-hydroxylation sites is 1. The topological polar surface area (TPSA) is 49.5 Å². The molecule has 134 valence electrons. The zero-order valence-electron chi connectivity index (χ0n) is 15.5. The highest BCUT2D eigenvalue weighted by molar-refractivity contribution is 8.00. The van der Waals surface area contributed by atoms with Gasteiger partial charge in [0, 0.05) is 18.0 Å². The molecule has 1 aromatic carbocycles. The molecule has 0 saturated heterocycles. The van der Waals surface area contributed by atoms with Crippen molar-refractivity contribution in [1.82, 2.24) is 0 Å². The number of nitrogens with zero attached hydrogens (tertiary/aromatic N) is 1. The van der Waals surface area contributed by atoms with Crippen LogP contribution in [-0.4, -0.2) is 29.2 Å². The van der Waals surface area contributed by atoms with Crippen LogP contribution in [0.25, 0.3) is 0 Å². The lowest BCUT2D eigenvalue weighted by Gasteiger charge is -2.35. The van der Waals surface area contributed by atoms with E-state index in [1.165, 1.54) is 16.2 Å². The molecule has 2 unspecified atom stereocenters. The standard InChI is InChI=1S/C21H28N2OS/c1-14(2)16-9-10-17(21(4,24)15(3)13-16)20-23(12-11-22)18-7-5-6-8-19(18)25-20/h5-10,13-14,20,24H,11-12,22H2,1-4H3. The number of thioether (sulfide) groups is 1. The van der Waals surface area contributed by atoms with Crippen molar-refractivity contribution in [2.24, 2.45) is 11.7 Å². The molecule has 25 heavy (non-hydrogen) atoms. The van der Waals surface area contributed by atoms with Gasteiger partial charge in [-0.05, 0) is 48.6 Å². The number of allylic oxidation sites excluding steroid dienone is 4. The minimum absolute atomic E-state index is 0.0575. The van der Waals surface area contributed by atoms with Crippen LogP contribution >= 0.6 is 11.8 Å². The highest BCUT2D eigenvalue weighted by Crippen LogP contribution is 2.49. The number of benzene rings is 1. The van der Waals surface area contributed by atoms with Crippen LogP contribution in [0.1, 0.15) is 27.7 Å². The Hall–Kier alpha value is -1.49. The molecule has 1 aromatic rings. The first-order valence-corrected chi connectivity index (χ1v) is 9.80. The molecule has 1 heterocycles. The third kappa shape index (κ3) is 3.31. The highest BCUT2D eigenvalue weighted by Gasteiger charge is 2.40. The number of anilines is 1. The molecule has 0 spiro atoms. The van der Waals surface area contributed by atoms with Crippen LogP contribution in [0.2, 0.25) is 0 Å². The average Bonchev–Trinajstić information content (AvgIpc) is 2.86. The molecular weight excluding hydrogens is 328 g/mol. The molecule has 3 nitrogen and oxygen atoms in total. The van der Waals surface area contributed by atoms with E-state index in [0.29, 0.717) is 12.5 Å². The van der Waals surface area contributed by atoms with E-state index >= 15 is 0 Å². The lowest BCUT2D eigenvalue weighted by Crippen LogP contribution is -2.42. The molecule has 0 radical (unpaired) electrons. The summed E-state index contributed by atoms with van der Waals surface area (Å²) in [5.74, 6) is 0.426. The summed E-state index contributed by atoms with van der Waals surface area (Å²) in [6.45, 7) is 9.66. The first kappa shape index (κ1) is 18.3. The third-order valence-corrected chi connectivity index (χ3v) is 6.50. The Morgan fingerprint density at radius 2 is 2.00 bits per heavy atom. The van der Waals surface area contributed by atoms with Crippen LogP contribution in [0.5, 0.6) is 0 Å². The van der Waals surface area contributed by atoms with E-state index in [1.807, 2.05) is 13.8 Å². The molecule has 1 aliphatic heterocycles. The first-order valence-electron chi connectivity index (χ1n) is 8.92. The van der Waals surface area contributed by atoms with Gasteiger partial charge < -0.3 is 15.7 Å². The lowest BCUT2D eigenvalue weighted by molar-refractivity contribution is 0.134. The first-order chi connectivity index (χ1) is 11.9. The summed E-state index contributed by atoms with van der Waals surface area (Å²) >= 11 is 1.80. The van der Waals surface area contributed by atoms with Gasteiger partial charge in [-0.2, -0.15) is 0 Å². The van der Waals surface area contributed by atoms with E-state index in [-0.39, 0.29) is 5.37 Å². The van der Waals surface area contributed by atoms with Crippen LogP contribution in [0.15, 0.2) is 64.1 Å². The summed E-state index contributed by atoms with van der Waals surface area (Å²) in [4.78, 5) is 3.57. The van der Waals surface area contributed by atoms with Crippen molar-refractivity contribution in [3.63, 3.8) is 0 Å².